The van der Waals surface area contributed by atoms with Crippen molar-refractivity contribution in [2.45, 2.75) is 264 Å². The predicted molar refractivity (Wildman–Crippen MR) is 491 cm³/mol. The van der Waals surface area contributed by atoms with Crippen molar-refractivity contribution in [3.8, 4) is 11.1 Å². The molecule has 121 heavy (non-hydrogen) atoms. The van der Waals surface area contributed by atoms with Gasteiger partial charge >= 0.3 is 30.5 Å². The van der Waals surface area contributed by atoms with Crippen molar-refractivity contribution < 1.29 is 57.2 Å². The van der Waals surface area contributed by atoms with Crippen LogP contribution in [0.2, 0.25) is 0 Å². The molecule has 5 atom stereocenters. The number of Topliss-reactive ketones (excluding diaryl/α,β-unsaturated/α-hetero) is 1. The topological polar surface area (TPSA) is 255 Å². The standard InChI is InChI=1S/C32H36N2O4.C16H24N2O2.C16H21NO3.C15H20BrNO2.C10H12BrN.C10H9BrO/c1-32(2,3)38-30(35)33-24-16-15-22-17-21(13-14-23(22)18-24)19-34(4)31(36)37-20-29-27-11-7-5-9-25(27)26-10-6-8-12-28(26)29;1-16(2,3)20-15(19)18-14-8-6-11-9-13(17-4)7-5-12(11)10-14;1-16(2,3)20-15(19)17-14-7-6-12-8-11(10-18)4-5-13(12)9-14;1-15(2,3)19-14(18)17-13-7-5-10-8-12(16)6-4-11(10)9-13;2*11-9-3-1-8-6-10(12)4-2-7(8)5-9/h5-14,17,24,29H,15-16,18-20H2,1-4H3,(H,33,35);5,7,9,14,17H,6,8,10H2,1-4H3,(H,18,19);4-5,8,10,14H,6-7,9H2,1-3H3,(H,17,19);4,6,8,13H,5,7,9H2,1-3H3,(H,17,18);1,3,5,10H,2,4,6,12H2;1,3,5H,2,4,6H2. The van der Waals surface area contributed by atoms with Gasteiger partial charge in [-0.15, -0.1) is 0 Å². The monoisotopic (exact) mass is 1840 g/mol. The summed E-state index contributed by atoms with van der Waals surface area (Å²) < 4.78 is 30.5. The molecule has 0 radical (unpaired) electrons. The third-order valence-corrected chi connectivity index (χ3v) is 23.3. The fourth-order valence-corrected chi connectivity index (χ4v) is 17.4. The summed E-state index contributed by atoms with van der Waals surface area (Å²) in [4.78, 5) is 83.9. The van der Waals surface area contributed by atoms with Crippen LogP contribution in [0.25, 0.3) is 11.1 Å². The summed E-state index contributed by atoms with van der Waals surface area (Å²) in [6.45, 7) is 23.2. The molecular weight excluding hydrogens is 1720 g/mol. The minimum Gasteiger partial charge on any atom is -0.448 e. The fourth-order valence-electron chi connectivity index (χ4n) is 16.1. The van der Waals surface area contributed by atoms with Gasteiger partial charge in [0.05, 0.1) is 0 Å². The van der Waals surface area contributed by atoms with Crippen molar-refractivity contribution in [3.05, 3.63) is 260 Å². The Morgan fingerprint density at radius 1 is 0.430 bits per heavy atom. The molecule has 19 nitrogen and oxygen atoms in total. The molecule has 0 aromatic heterocycles. The van der Waals surface area contributed by atoms with Crippen LogP contribution in [0.1, 0.15) is 221 Å². The number of aryl methyl sites for hydroxylation is 6. The SMILES string of the molecule is CC(C)(C)OC(=O)NC1CCc2cc(Br)ccc2C1.CC(C)(C)OC(=O)NC1CCc2cc(C=O)ccc2C1.CN(Cc1ccc2c(c1)CCC(NC(=O)OC(C)(C)C)C2)C(=O)OCC1c2ccccc2-c2ccccc21.CNc1ccc2c(c1)CCC(NC(=O)OC(C)(C)C)C2.NC1CCc2cc(Br)ccc2C1.O=C1CCc2cc(Br)ccc2C1. The minimum absolute atomic E-state index is 0.0470. The van der Waals surface area contributed by atoms with E-state index in [-0.39, 0.29) is 60.6 Å². The number of anilines is 1. The fraction of sp³-hybridized carbons (Fsp3) is 0.444. The molecule has 0 aliphatic heterocycles. The van der Waals surface area contributed by atoms with Crippen LogP contribution in [-0.2, 0) is 112 Å². The van der Waals surface area contributed by atoms with Gasteiger partial charge in [-0.3, -0.25) is 9.59 Å². The van der Waals surface area contributed by atoms with E-state index in [1.54, 1.807) is 11.9 Å². The molecule has 8 aromatic rings. The van der Waals surface area contributed by atoms with Gasteiger partial charge in [0.2, 0.25) is 0 Å². The number of amides is 5. The summed E-state index contributed by atoms with van der Waals surface area (Å²) in [7, 11) is 3.70. The first-order valence-corrected chi connectivity index (χ1v) is 44.8. The second-order valence-corrected chi connectivity index (χ2v) is 39.2. The van der Waals surface area contributed by atoms with E-state index in [1.807, 2.05) is 145 Å². The molecular formula is C99H122Br3N7O12. The van der Waals surface area contributed by atoms with Crippen LogP contribution in [0.15, 0.2) is 171 Å². The number of ketones is 1. The molecule has 7 N–H and O–H groups in total. The lowest BCUT2D eigenvalue weighted by Crippen LogP contribution is -2.41. The predicted octanol–water partition coefficient (Wildman–Crippen LogP) is 21.0. The highest BCUT2D eigenvalue weighted by atomic mass is 79.9. The molecule has 0 saturated heterocycles. The van der Waals surface area contributed by atoms with E-state index in [2.05, 4.69) is 178 Å². The van der Waals surface area contributed by atoms with Gasteiger partial charge in [-0.2, -0.15) is 0 Å². The summed E-state index contributed by atoms with van der Waals surface area (Å²) in [6.07, 6.45) is 15.4. The van der Waals surface area contributed by atoms with Gasteiger partial charge in [0.15, 0.2) is 0 Å². The van der Waals surface area contributed by atoms with E-state index >= 15 is 0 Å². The molecule has 7 aliphatic rings. The molecule has 0 fully saturated rings. The maximum Gasteiger partial charge on any atom is 0.409 e. The lowest BCUT2D eigenvalue weighted by molar-refractivity contribution is -0.118. The number of benzene rings is 8. The quantitative estimate of drug-likeness (QED) is 0.0550. The number of fused-ring (bicyclic) bond motifs is 9. The van der Waals surface area contributed by atoms with E-state index in [0.717, 1.165) is 129 Å². The number of nitrogens with zero attached hydrogens (tertiary/aromatic N) is 1. The van der Waals surface area contributed by atoms with Gasteiger partial charge in [-0.1, -0.05) is 151 Å². The number of alkyl carbamates (subject to hydrolysis) is 4. The highest BCUT2D eigenvalue weighted by molar-refractivity contribution is 9.11. The zero-order valence-corrected chi connectivity index (χ0v) is 77.5. The Hall–Kier alpha value is -9.35. The van der Waals surface area contributed by atoms with Crippen LogP contribution in [0.4, 0.5) is 29.7 Å². The summed E-state index contributed by atoms with van der Waals surface area (Å²) in [6, 6.07) is 55.0. The van der Waals surface area contributed by atoms with E-state index in [4.69, 9.17) is 29.4 Å². The van der Waals surface area contributed by atoms with Crippen LogP contribution < -0.4 is 32.3 Å². The smallest absolute Gasteiger partial charge is 0.409 e. The van der Waals surface area contributed by atoms with Crippen molar-refractivity contribution in [1.29, 1.82) is 0 Å². The van der Waals surface area contributed by atoms with E-state index in [1.165, 1.54) is 93.5 Å². The molecule has 0 saturated carbocycles. The molecule has 646 valence electrons. The molecule has 15 rings (SSSR count). The Bertz CT molecular complexity index is 4920. The summed E-state index contributed by atoms with van der Waals surface area (Å²) in [5.74, 6) is 0.413. The highest BCUT2D eigenvalue weighted by Gasteiger charge is 2.32. The highest BCUT2D eigenvalue weighted by Crippen LogP contribution is 2.45. The van der Waals surface area contributed by atoms with Crippen LogP contribution in [-0.4, -0.2) is 121 Å². The first kappa shape index (κ1) is 93.9. The number of ether oxygens (including phenoxy) is 5. The zero-order chi connectivity index (χ0) is 87.5. The molecule has 5 amide bonds. The molecule has 8 aromatic carbocycles. The minimum atomic E-state index is -0.509. The first-order chi connectivity index (χ1) is 57.3. The molecule has 7 aliphatic carbocycles. The Balaban J connectivity index is 0.000000160. The Kier molecular flexibility index (Phi) is 33.1. The van der Waals surface area contributed by atoms with Gasteiger partial charge in [-0.25, -0.2) is 24.0 Å². The molecule has 22 heteroatoms. The second kappa shape index (κ2) is 42.6. The summed E-state index contributed by atoms with van der Waals surface area (Å²) >= 11 is 10.4. The average Bonchev–Trinajstić information content (AvgIpc) is 1.62. The van der Waals surface area contributed by atoms with Crippen molar-refractivity contribution in [3.63, 3.8) is 0 Å². The van der Waals surface area contributed by atoms with Crippen molar-refractivity contribution in [2.24, 2.45) is 5.73 Å². The summed E-state index contributed by atoms with van der Waals surface area (Å²) in [5.41, 5.74) is 27.5. The Morgan fingerprint density at radius 3 is 1.22 bits per heavy atom. The number of nitrogens with two attached hydrogens (primary N) is 1. The third-order valence-electron chi connectivity index (χ3n) is 21.8. The number of rotatable bonds is 10. The molecule has 0 bridgehead atoms. The maximum absolute atomic E-state index is 12.9. The number of carbonyl (C=O) groups is 7. The normalized spacial score (nSPS) is 17.7. The van der Waals surface area contributed by atoms with Gasteiger partial charge < -0.3 is 60.9 Å². The van der Waals surface area contributed by atoms with Crippen LogP contribution >= 0.6 is 47.8 Å². The average molecular weight is 1840 g/mol. The number of halogens is 3. The lowest BCUT2D eigenvalue weighted by Gasteiger charge is -2.28. The lowest BCUT2D eigenvalue weighted by atomic mass is 9.87. The van der Waals surface area contributed by atoms with Crippen LogP contribution in [0.3, 0.4) is 0 Å². The number of carbonyl (C=O) groups excluding carboxylic acids is 7. The Morgan fingerprint density at radius 2 is 0.793 bits per heavy atom. The molecule has 0 heterocycles. The van der Waals surface area contributed by atoms with Gasteiger partial charge in [0, 0.05) is 94.3 Å². The largest absolute Gasteiger partial charge is 0.448 e. The summed E-state index contributed by atoms with van der Waals surface area (Å²) in [5, 5.41) is 15.0. The second-order valence-electron chi connectivity index (χ2n) is 36.4. The number of hydrogen-bond donors (Lipinski definition) is 6. The molecule has 5 unspecified atom stereocenters. The van der Waals surface area contributed by atoms with Crippen LogP contribution in [0, 0.1) is 0 Å². The van der Waals surface area contributed by atoms with Gasteiger partial charge in [0.1, 0.15) is 41.1 Å². The van der Waals surface area contributed by atoms with Gasteiger partial charge in [0.25, 0.3) is 0 Å². The number of hydrogen-bond acceptors (Lipinski definition) is 14. The van der Waals surface area contributed by atoms with Crippen LogP contribution in [0.5, 0.6) is 0 Å². The van der Waals surface area contributed by atoms with Crippen molar-refractivity contribution >= 4 is 96.0 Å². The number of nitrogens with one attached hydrogen (secondary N) is 5. The zero-order valence-electron chi connectivity index (χ0n) is 72.8. The van der Waals surface area contributed by atoms with Gasteiger partial charge in [-0.05, 0) is 335 Å². The Labute approximate surface area is 741 Å². The maximum atomic E-state index is 12.9. The van der Waals surface area contributed by atoms with Crippen molar-refractivity contribution in [2.75, 3.05) is 26.0 Å². The third kappa shape index (κ3) is 29.7. The first-order valence-electron chi connectivity index (χ1n) is 42.4. The van der Waals surface area contributed by atoms with E-state index in [9.17, 15) is 33.6 Å². The van der Waals surface area contributed by atoms with Crippen molar-refractivity contribution in [1.82, 2.24) is 26.2 Å². The molecule has 0 spiro atoms. The van der Waals surface area contributed by atoms with E-state index in [0.29, 0.717) is 43.4 Å². The van der Waals surface area contributed by atoms with E-state index < -0.39 is 22.4 Å². The number of aldehydes is 1.